The fourth-order valence-corrected chi connectivity index (χ4v) is 5.11. The lowest BCUT2D eigenvalue weighted by Crippen LogP contribution is -2.47. The Hall–Kier alpha value is -3.30. The molecule has 1 saturated heterocycles. The second-order valence-electron chi connectivity index (χ2n) is 10.3. The third kappa shape index (κ3) is 4.73. The molecule has 8 nitrogen and oxygen atoms in total. The quantitative estimate of drug-likeness (QED) is 0.223. The standard InChI is InChI=1S/C27H32FN5O3/c1-27(2,28)21-15-22-20(25-23(17-29-22)32(3)26(34)31-25)14-19(21)18-8-9-24(30-16-18)36-13-7-12-33(35)10-5-4-6-11-33/h8-9,14-17H,4-7,10-13H2,1-3H3,(H,31,34). The highest BCUT2D eigenvalue weighted by atomic mass is 19.1. The van der Waals surface area contributed by atoms with Gasteiger partial charge in [0.1, 0.15) is 5.67 Å². The topological polar surface area (TPSA) is 95.9 Å². The number of aromatic amines is 1. The van der Waals surface area contributed by atoms with Crippen molar-refractivity contribution in [3.05, 3.63) is 57.9 Å². The van der Waals surface area contributed by atoms with Crippen LogP contribution in [0.15, 0.2) is 41.5 Å². The van der Waals surface area contributed by atoms with Gasteiger partial charge in [-0.05, 0) is 62.4 Å². The van der Waals surface area contributed by atoms with Crippen LogP contribution in [0.3, 0.4) is 0 Å². The zero-order chi connectivity index (χ0) is 25.5. The minimum atomic E-state index is -1.62. The molecule has 1 aliphatic heterocycles. The molecule has 1 aromatic carbocycles. The van der Waals surface area contributed by atoms with Crippen molar-refractivity contribution in [2.45, 2.75) is 45.2 Å². The molecule has 5 rings (SSSR count). The Morgan fingerprint density at radius 3 is 2.64 bits per heavy atom. The zero-order valence-corrected chi connectivity index (χ0v) is 21.0. The number of hydrogen-bond donors (Lipinski definition) is 1. The van der Waals surface area contributed by atoms with E-state index in [4.69, 9.17) is 4.74 Å². The Bertz CT molecular complexity index is 1450. The number of H-pyrrole nitrogens is 1. The second-order valence-corrected chi connectivity index (χ2v) is 10.3. The number of nitrogens with zero attached hydrogens (tertiary/aromatic N) is 4. The van der Waals surface area contributed by atoms with Crippen LogP contribution in [0.2, 0.25) is 0 Å². The number of aromatic nitrogens is 4. The summed E-state index contributed by atoms with van der Waals surface area (Å²) in [6.45, 7) is 5.42. The van der Waals surface area contributed by atoms with Crippen molar-refractivity contribution in [1.29, 1.82) is 0 Å². The van der Waals surface area contributed by atoms with E-state index in [1.807, 2.05) is 12.1 Å². The summed E-state index contributed by atoms with van der Waals surface area (Å²) in [6, 6.07) is 7.22. The summed E-state index contributed by atoms with van der Waals surface area (Å²) in [4.78, 5) is 24.0. The van der Waals surface area contributed by atoms with Crippen LogP contribution in [0.25, 0.3) is 33.1 Å². The van der Waals surface area contributed by atoms with Crippen LogP contribution in [0.1, 0.15) is 45.1 Å². The van der Waals surface area contributed by atoms with Crippen molar-refractivity contribution in [1.82, 2.24) is 19.5 Å². The number of alkyl halides is 1. The van der Waals surface area contributed by atoms with Gasteiger partial charge in [-0.1, -0.05) is 0 Å². The summed E-state index contributed by atoms with van der Waals surface area (Å²) in [6.07, 6.45) is 7.12. The molecule has 1 fully saturated rings. The largest absolute Gasteiger partial charge is 0.633 e. The van der Waals surface area contributed by atoms with Gasteiger partial charge in [0.15, 0.2) is 0 Å². The van der Waals surface area contributed by atoms with E-state index in [9.17, 15) is 10.0 Å². The van der Waals surface area contributed by atoms with E-state index in [2.05, 4.69) is 15.0 Å². The van der Waals surface area contributed by atoms with Gasteiger partial charge in [-0.15, -0.1) is 0 Å². The van der Waals surface area contributed by atoms with Gasteiger partial charge < -0.3 is 19.6 Å². The Morgan fingerprint density at radius 1 is 1.17 bits per heavy atom. The van der Waals surface area contributed by atoms with Crippen molar-refractivity contribution < 1.29 is 13.8 Å². The van der Waals surface area contributed by atoms with Crippen LogP contribution >= 0.6 is 0 Å². The molecule has 0 bridgehead atoms. The highest BCUT2D eigenvalue weighted by molar-refractivity contribution is 6.04. The van der Waals surface area contributed by atoms with Crippen LogP contribution in [-0.4, -0.2) is 50.4 Å². The molecule has 0 radical (unpaired) electrons. The van der Waals surface area contributed by atoms with Gasteiger partial charge >= 0.3 is 5.69 Å². The van der Waals surface area contributed by atoms with Crippen molar-refractivity contribution >= 4 is 21.9 Å². The number of aryl methyl sites for hydroxylation is 1. The van der Waals surface area contributed by atoms with Crippen LogP contribution in [-0.2, 0) is 12.7 Å². The Labute approximate surface area is 208 Å². The molecule has 4 aromatic rings. The van der Waals surface area contributed by atoms with Gasteiger partial charge in [0.05, 0.1) is 49.0 Å². The molecule has 3 aromatic heterocycles. The van der Waals surface area contributed by atoms with Crippen LogP contribution in [0.5, 0.6) is 5.88 Å². The molecule has 36 heavy (non-hydrogen) atoms. The maximum absolute atomic E-state index is 15.3. The number of fused-ring (bicyclic) bond motifs is 3. The minimum Gasteiger partial charge on any atom is -0.633 e. The molecule has 190 valence electrons. The fourth-order valence-electron chi connectivity index (χ4n) is 5.11. The SMILES string of the molecule is Cn1c(=O)[nH]c2c3cc(-c4ccc(OCCC[N+]5([O-])CCCCC5)nc4)c(C(C)(C)F)cc3ncc21. The molecular weight excluding hydrogens is 461 g/mol. The number of pyridine rings is 2. The summed E-state index contributed by atoms with van der Waals surface area (Å²) in [5.74, 6) is 0.466. The number of nitrogens with one attached hydrogen (secondary N) is 1. The van der Waals surface area contributed by atoms with E-state index in [1.54, 1.807) is 31.6 Å². The van der Waals surface area contributed by atoms with Crippen LogP contribution in [0, 0.1) is 5.21 Å². The van der Waals surface area contributed by atoms with E-state index in [0.717, 1.165) is 30.2 Å². The maximum Gasteiger partial charge on any atom is 0.326 e. The minimum absolute atomic E-state index is 0.117. The predicted octanol–water partition coefficient (Wildman–Crippen LogP) is 4.95. The molecule has 9 heteroatoms. The molecule has 0 amide bonds. The second kappa shape index (κ2) is 9.29. The van der Waals surface area contributed by atoms with Crippen LogP contribution < -0.4 is 10.4 Å². The molecular formula is C27H32FN5O3. The Morgan fingerprint density at radius 2 is 1.94 bits per heavy atom. The van der Waals surface area contributed by atoms with E-state index < -0.39 is 5.67 Å². The average molecular weight is 494 g/mol. The van der Waals surface area contributed by atoms with Crippen molar-refractivity contribution in [2.24, 2.45) is 7.05 Å². The van der Waals surface area contributed by atoms with Gasteiger partial charge in [0.2, 0.25) is 5.88 Å². The Balaban J connectivity index is 1.41. The lowest BCUT2D eigenvalue weighted by molar-refractivity contribution is -0.885. The third-order valence-electron chi connectivity index (χ3n) is 7.16. The lowest BCUT2D eigenvalue weighted by Gasteiger charge is -2.45. The van der Waals surface area contributed by atoms with E-state index in [0.29, 0.717) is 66.2 Å². The number of benzene rings is 1. The highest BCUT2D eigenvalue weighted by Crippen LogP contribution is 2.38. The summed E-state index contributed by atoms with van der Waals surface area (Å²) in [5, 5.41) is 13.4. The highest BCUT2D eigenvalue weighted by Gasteiger charge is 2.25. The molecule has 0 aliphatic carbocycles. The van der Waals surface area contributed by atoms with Gasteiger partial charge in [0, 0.05) is 36.7 Å². The smallest absolute Gasteiger partial charge is 0.326 e. The maximum atomic E-state index is 15.3. The fraction of sp³-hybridized carbons (Fsp3) is 0.444. The first-order valence-electron chi connectivity index (χ1n) is 12.5. The number of halogens is 1. The Kier molecular flexibility index (Phi) is 6.30. The van der Waals surface area contributed by atoms with Gasteiger partial charge in [-0.25, -0.2) is 14.2 Å². The molecule has 0 spiro atoms. The number of piperidine rings is 1. The summed E-state index contributed by atoms with van der Waals surface area (Å²) in [5.41, 5.74) is 2.00. The number of likely N-dealkylation sites (tertiary alicyclic amines) is 1. The van der Waals surface area contributed by atoms with E-state index in [-0.39, 0.29) is 10.3 Å². The average Bonchev–Trinajstić information content (AvgIpc) is 3.15. The van der Waals surface area contributed by atoms with Gasteiger partial charge in [0.25, 0.3) is 0 Å². The molecule has 0 saturated carbocycles. The zero-order valence-electron chi connectivity index (χ0n) is 21.0. The molecule has 0 atom stereocenters. The molecule has 1 N–H and O–H groups in total. The number of rotatable bonds is 7. The van der Waals surface area contributed by atoms with Gasteiger partial charge in [-0.2, -0.15) is 0 Å². The van der Waals surface area contributed by atoms with Crippen LogP contribution in [0.4, 0.5) is 4.39 Å². The summed E-state index contributed by atoms with van der Waals surface area (Å²) >= 11 is 0. The summed E-state index contributed by atoms with van der Waals surface area (Å²) in [7, 11) is 1.68. The number of hydroxylamine groups is 3. The van der Waals surface area contributed by atoms with Crippen molar-refractivity contribution in [3.63, 3.8) is 0 Å². The lowest BCUT2D eigenvalue weighted by atomic mass is 9.89. The van der Waals surface area contributed by atoms with E-state index >= 15 is 4.39 Å². The van der Waals surface area contributed by atoms with E-state index in [1.165, 1.54) is 18.4 Å². The number of hydrogen-bond acceptors (Lipinski definition) is 5. The van der Waals surface area contributed by atoms with Gasteiger partial charge in [-0.3, -0.25) is 9.55 Å². The number of ether oxygens (including phenoxy) is 1. The molecule has 0 unspecified atom stereocenters. The number of quaternary nitrogens is 1. The van der Waals surface area contributed by atoms with Crippen molar-refractivity contribution in [2.75, 3.05) is 26.2 Å². The first-order valence-corrected chi connectivity index (χ1v) is 12.5. The molecule has 4 heterocycles. The predicted molar refractivity (Wildman–Crippen MR) is 138 cm³/mol. The normalized spacial score (nSPS) is 16.0. The summed E-state index contributed by atoms with van der Waals surface area (Å²) < 4.78 is 22.5. The first kappa shape index (κ1) is 24.4. The number of imidazole rings is 1. The monoisotopic (exact) mass is 493 g/mol. The first-order chi connectivity index (χ1) is 17.1. The molecule has 1 aliphatic rings. The third-order valence-corrected chi connectivity index (χ3v) is 7.16. The van der Waals surface area contributed by atoms with Crippen molar-refractivity contribution in [3.8, 4) is 17.0 Å².